The SMILES string of the molecule is Cc1ccc(Nc2nc(N)c([N+](=O)[O-])c(Nc3ccccc3F)n2)cc1. The number of nitrogens with two attached hydrogens (primary N) is 1. The molecule has 0 saturated carbocycles. The molecule has 0 aliphatic rings. The lowest BCUT2D eigenvalue weighted by Crippen LogP contribution is -2.09. The summed E-state index contributed by atoms with van der Waals surface area (Å²) in [5, 5.41) is 16.8. The summed E-state index contributed by atoms with van der Waals surface area (Å²) in [5.74, 6) is -1.07. The van der Waals surface area contributed by atoms with Gasteiger partial charge in [0.15, 0.2) is 0 Å². The van der Waals surface area contributed by atoms with Crippen molar-refractivity contribution in [1.29, 1.82) is 0 Å². The van der Waals surface area contributed by atoms with Crippen LogP contribution in [-0.4, -0.2) is 14.9 Å². The maximum atomic E-state index is 13.9. The fourth-order valence-electron chi connectivity index (χ4n) is 2.25. The average molecular weight is 354 g/mol. The Kier molecular flexibility index (Phi) is 4.61. The van der Waals surface area contributed by atoms with Crippen LogP contribution in [0.2, 0.25) is 0 Å². The van der Waals surface area contributed by atoms with Crippen LogP contribution in [0.1, 0.15) is 5.56 Å². The Morgan fingerprint density at radius 1 is 1.08 bits per heavy atom. The zero-order chi connectivity index (χ0) is 18.7. The van der Waals surface area contributed by atoms with Gasteiger partial charge in [-0.1, -0.05) is 29.8 Å². The number of halogens is 1. The minimum absolute atomic E-state index is 0.0370. The first-order valence-corrected chi connectivity index (χ1v) is 7.61. The third-order valence-corrected chi connectivity index (χ3v) is 3.53. The number of benzene rings is 2. The van der Waals surface area contributed by atoms with Crippen LogP contribution < -0.4 is 16.4 Å². The number of rotatable bonds is 5. The lowest BCUT2D eigenvalue weighted by atomic mass is 10.2. The van der Waals surface area contributed by atoms with Gasteiger partial charge in [0.05, 0.1) is 10.6 Å². The molecule has 3 rings (SSSR count). The summed E-state index contributed by atoms with van der Waals surface area (Å²) in [4.78, 5) is 18.6. The first-order valence-electron chi connectivity index (χ1n) is 7.61. The molecule has 1 heterocycles. The molecule has 0 spiro atoms. The van der Waals surface area contributed by atoms with E-state index in [1.165, 1.54) is 18.2 Å². The van der Waals surface area contributed by atoms with Crippen LogP contribution in [0.15, 0.2) is 48.5 Å². The number of hydrogen-bond donors (Lipinski definition) is 3. The predicted octanol–water partition coefficient (Wildman–Crippen LogP) is 3.90. The smallest absolute Gasteiger partial charge is 0.353 e. The van der Waals surface area contributed by atoms with Gasteiger partial charge in [-0.25, -0.2) is 4.39 Å². The Bertz CT molecular complexity index is 962. The standard InChI is InChI=1S/C17H15FN6O2/c1-10-6-8-11(9-7-10)20-17-22-15(19)14(24(25)26)16(23-17)21-13-5-3-2-4-12(13)18/h2-9H,1H3,(H4,19,20,21,22,23). The van der Waals surface area contributed by atoms with Crippen molar-refractivity contribution in [3.05, 3.63) is 70.0 Å². The van der Waals surface area contributed by atoms with Gasteiger partial charge in [-0.2, -0.15) is 9.97 Å². The van der Waals surface area contributed by atoms with Crippen molar-refractivity contribution in [3.8, 4) is 0 Å². The third kappa shape index (κ3) is 3.66. The van der Waals surface area contributed by atoms with E-state index in [2.05, 4.69) is 20.6 Å². The zero-order valence-corrected chi connectivity index (χ0v) is 13.7. The highest BCUT2D eigenvalue weighted by molar-refractivity contribution is 5.75. The molecule has 0 fully saturated rings. The zero-order valence-electron chi connectivity index (χ0n) is 13.7. The Morgan fingerprint density at radius 3 is 2.42 bits per heavy atom. The molecule has 0 aliphatic heterocycles. The molecule has 2 aromatic carbocycles. The van der Waals surface area contributed by atoms with Crippen molar-refractivity contribution in [2.45, 2.75) is 6.92 Å². The monoisotopic (exact) mass is 354 g/mol. The number of nitrogens with zero attached hydrogens (tertiary/aromatic N) is 3. The molecule has 9 heteroatoms. The highest BCUT2D eigenvalue weighted by Crippen LogP contribution is 2.32. The normalized spacial score (nSPS) is 10.4. The summed E-state index contributed by atoms with van der Waals surface area (Å²) in [6.45, 7) is 1.95. The summed E-state index contributed by atoms with van der Waals surface area (Å²) < 4.78 is 13.9. The molecular weight excluding hydrogens is 339 g/mol. The van der Waals surface area contributed by atoms with E-state index in [4.69, 9.17) is 5.73 Å². The van der Waals surface area contributed by atoms with E-state index in [-0.39, 0.29) is 23.3 Å². The van der Waals surface area contributed by atoms with Crippen LogP contribution in [0.25, 0.3) is 0 Å². The summed E-state index contributed by atoms with van der Waals surface area (Å²) in [5.41, 5.74) is 6.99. The van der Waals surface area contributed by atoms with Crippen molar-refractivity contribution >= 4 is 34.6 Å². The fourth-order valence-corrected chi connectivity index (χ4v) is 2.25. The van der Waals surface area contributed by atoms with Crippen molar-refractivity contribution in [2.24, 2.45) is 0 Å². The minimum Gasteiger partial charge on any atom is -0.378 e. The molecule has 0 amide bonds. The van der Waals surface area contributed by atoms with Gasteiger partial charge >= 0.3 is 5.69 Å². The van der Waals surface area contributed by atoms with Gasteiger partial charge in [-0.05, 0) is 31.2 Å². The molecule has 4 N–H and O–H groups in total. The molecule has 1 aromatic heterocycles. The molecule has 0 bridgehead atoms. The van der Waals surface area contributed by atoms with Gasteiger partial charge in [0.1, 0.15) is 5.82 Å². The van der Waals surface area contributed by atoms with Crippen molar-refractivity contribution in [3.63, 3.8) is 0 Å². The quantitative estimate of drug-likeness (QED) is 0.469. The maximum absolute atomic E-state index is 13.9. The Morgan fingerprint density at radius 2 is 1.77 bits per heavy atom. The summed E-state index contributed by atoms with van der Waals surface area (Å²) in [7, 11) is 0. The van der Waals surface area contributed by atoms with Gasteiger partial charge in [0.25, 0.3) is 0 Å². The second kappa shape index (κ2) is 7.01. The van der Waals surface area contributed by atoms with Gasteiger partial charge < -0.3 is 16.4 Å². The van der Waals surface area contributed by atoms with Crippen LogP contribution in [0.4, 0.5) is 39.0 Å². The lowest BCUT2D eigenvalue weighted by molar-refractivity contribution is -0.383. The van der Waals surface area contributed by atoms with Crippen molar-refractivity contribution < 1.29 is 9.31 Å². The van der Waals surface area contributed by atoms with Gasteiger partial charge in [-0.15, -0.1) is 0 Å². The van der Waals surface area contributed by atoms with Crippen LogP contribution in [0.5, 0.6) is 0 Å². The van der Waals surface area contributed by atoms with Gasteiger partial charge in [-0.3, -0.25) is 10.1 Å². The molecule has 132 valence electrons. The van der Waals surface area contributed by atoms with E-state index in [1.54, 1.807) is 18.2 Å². The number of nitrogen functional groups attached to an aromatic ring is 1. The first-order chi connectivity index (χ1) is 12.4. The predicted molar refractivity (Wildman–Crippen MR) is 97.2 cm³/mol. The number of aromatic nitrogens is 2. The molecular formula is C17H15FN6O2. The number of anilines is 5. The third-order valence-electron chi connectivity index (χ3n) is 3.53. The summed E-state index contributed by atoms with van der Waals surface area (Å²) in [6.07, 6.45) is 0. The van der Waals surface area contributed by atoms with Gasteiger partial charge in [0.2, 0.25) is 17.6 Å². The second-order valence-corrected chi connectivity index (χ2v) is 5.48. The number of hydrogen-bond acceptors (Lipinski definition) is 7. The Hall–Kier alpha value is -3.75. The highest BCUT2D eigenvalue weighted by Gasteiger charge is 2.24. The average Bonchev–Trinajstić information content (AvgIpc) is 2.58. The molecule has 0 saturated heterocycles. The Labute approximate surface area is 148 Å². The van der Waals surface area contributed by atoms with E-state index in [0.29, 0.717) is 5.69 Å². The van der Waals surface area contributed by atoms with Crippen LogP contribution in [-0.2, 0) is 0 Å². The number of nitro groups is 1. The molecule has 8 nitrogen and oxygen atoms in total. The summed E-state index contributed by atoms with van der Waals surface area (Å²) >= 11 is 0. The van der Waals surface area contributed by atoms with E-state index in [0.717, 1.165) is 5.56 Å². The van der Waals surface area contributed by atoms with E-state index in [1.807, 2.05) is 19.1 Å². The molecule has 26 heavy (non-hydrogen) atoms. The van der Waals surface area contributed by atoms with Gasteiger partial charge in [0, 0.05) is 5.69 Å². The Balaban J connectivity index is 2.00. The van der Waals surface area contributed by atoms with Crippen LogP contribution in [0.3, 0.4) is 0 Å². The molecule has 0 radical (unpaired) electrons. The largest absolute Gasteiger partial charge is 0.378 e. The second-order valence-electron chi connectivity index (χ2n) is 5.48. The molecule has 0 unspecified atom stereocenters. The minimum atomic E-state index is -0.714. The van der Waals surface area contributed by atoms with E-state index in [9.17, 15) is 14.5 Å². The maximum Gasteiger partial charge on any atom is 0.353 e. The molecule has 0 atom stereocenters. The highest BCUT2D eigenvalue weighted by atomic mass is 19.1. The van der Waals surface area contributed by atoms with Crippen molar-refractivity contribution in [2.75, 3.05) is 16.4 Å². The number of para-hydroxylation sites is 1. The summed E-state index contributed by atoms with van der Waals surface area (Å²) in [6, 6.07) is 13.1. The van der Waals surface area contributed by atoms with Crippen LogP contribution in [0, 0.1) is 22.9 Å². The van der Waals surface area contributed by atoms with Crippen LogP contribution >= 0.6 is 0 Å². The fraction of sp³-hybridized carbons (Fsp3) is 0.0588. The van der Waals surface area contributed by atoms with E-state index < -0.39 is 16.4 Å². The first kappa shape index (κ1) is 17.1. The molecule has 3 aromatic rings. The number of nitrogens with one attached hydrogen (secondary N) is 2. The van der Waals surface area contributed by atoms with Crippen molar-refractivity contribution in [1.82, 2.24) is 9.97 Å². The topological polar surface area (TPSA) is 119 Å². The van der Waals surface area contributed by atoms with E-state index >= 15 is 0 Å². The molecule has 0 aliphatic carbocycles. The number of aryl methyl sites for hydroxylation is 1. The lowest BCUT2D eigenvalue weighted by Gasteiger charge is -2.11.